The van der Waals surface area contributed by atoms with Crippen molar-refractivity contribution in [2.45, 2.75) is 38.8 Å². The fourth-order valence-electron chi connectivity index (χ4n) is 2.68. The summed E-state index contributed by atoms with van der Waals surface area (Å²) in [6.07, 6.45) is 1.06. The smallest absolute Gasteiger partial charge is 0.322 e. The molecule has 7 heteroatoms. The summed E-state index contributed by atoms with van der Waals surface area (Å²) < 4.78 is 4.79. The van der Waals surface area contributed by atoms with Crippen LogP contribution in [0.2, 0.25) is 0 Å². The fraction of sp³-hybridized carbons (Fsp3) is 0.550. The summed E-state index contributed by atoms with van der Waals surface area (Å²) in [4.78, 5) is 36.3. The van der Waals surface area contributed by atoms with Crippen molar-refractivity contribution in [2.75, 3.05) is 27.2 Å². The zero-order valence-electron chi connectivity index (χ0n) is 16.6. The molecule has 1 rings (SSSR count). The van der Waals surface area contributed by atoms with E-state index in [4.69, 9.17) is 4.74 Å². The molecule has 0 aliphatic heterocycles. The second-order valence-corrected chi connectivity index (χ2v) is 6.80. The van der Waals surface area contributed by atoms with E-state index in [-0.39, 0.29) is 24.3 Å². The van der Waals surface area contributed by atoms with Crippen molar-refractivity contribution in [1.82, 2.24) is 16.0 Å². The van der Waals surface area contributed by atoms with Gasteiger partial charge in [0.1, 0.15) is 6.04 Å². The SMILES string of the molecule is CN[C@@H](CC(C)C)C(=O)NCC[C@H](NCC(=O)c1ccccc1)C(=O)OC. The Morgan fingerprint density at radius 2 is 1.74 bits per heavy atom. The average molecular weight is 377 g/mol. The van der Waals surface area contributed by atoms with Gasteiger partial charge < -0.3 is 15.4 Å². The molecular weight excluding hydrogens is 346 g/mol. The van der Waals surface area contributed by atoms with Crippen LogP contribution in [0.3, 0.4) is 0 Å². The van der Waals surface area contributed by atoms with Gasteiger partial charge in [0, 0.05) is 12.1 Å². The van der Waals surface area contributed by atoms with Gasteiger partial charge in [0.25, 0.3) is 0 Å². The first-order chi connectivity index (χ1) is 12.9. The molecule has 0 aliphatic carbocycles. The number of rotatable bonds is 12. The van der Waals surface area contributed by atoms with Gasteiger partial charge >= 0.3 is 5.97 Å². The number of Topliss-reactive ketones (excluding diaryl/α,β-unsaturated/α-hetero) is 1. The lowest BCUT2D eigenvalue weighted by Gasteiger charge is -2.20. The molecule has 27 heavy (non-hydrogen) atoms. The zero-order chi connectivity index (χ0) is 20.2. The lowest BCUT2D eigenvalue weighted by atomic mass is 10.0. The van der Waals surface area contributed by atoms with Crippen molar-refractivity contribution in [3.63, 3.8) is 0 Å². The van der Waals surface area contributed by atoms with E-state index in [9.17, 15) is 14.4 Å². The first kappa shape index (κ1) is 22.8. The molecular formula is C20H31N3O4. The number of esters is 1. The van der Waals surface area contributed by atoms with E-state index >= 15 is 0 Å². The van der Waals surface area contributed by atoms with Crippen molar-refractivity contribution in [3.05, 3.63) is 35.9 Å². The number of hydrogen-bond donors (Lipinski definition) is 3. The van der Waals surface area contributed by atoms with E-state index in [1.54, 1.807) is 31.3 Å². The summed E-state index contributed by atoms with van der Waals surface area (Å²) >= 11 is 0. The number of likely N-dealkylation sites (N-methyl/N-ethyl adjacent to an activating group) is 1. The number of amides is 1. The van der Waals surface area contributed by atoms with Crippen LogP contribution < -0.4 is 16.0 Å². The third-order valence-corrected chi connectivity index (χ3v) is 4.19. The molecule has 1 amide bonds. The number of carbonyl (C=O) groups is 3. The summed E-state index contributed by atoms with van der Waals surface area (Å²) in [6.45, 7) is 4.43. The normalized spacial score (nSPS) is 13.1. The first-order valence-corrected chi connectivity index (χ1v) is 9.23. The predicted octanol–water partition coefficient (Wildman–Crippen LogP) is 1.14. The largest absolute Gasteiger partial charge is 0.468 e. The van der Waals surface area contributed by atoms with Gasteiger partial charge in [-0.2, -0.15) is 0 Å². The molecule has 0 aromatic heterocycles. The van der Waals surface area contributed by atoms with E-state index in [2.05, 4.69) is 29.8 Å². The molecule has 0 heterocycles. The van der Waals surface area contributed by atoms with Crippen LogP contribution in [0, 0.1) is 5.92 Å². The molecule has 0 saturated carbocycles. The summed E-state index contributed by atoms with van der Waals surface area (Å²) in [5.41, 5.74) is 0.576. The van der Waals surface area contributed by atoms with Crippen LogP contribution in [0.5, 0.6) is 0 Å². The second kappa shape index (κ2) is 12.2. The Bertz CT molecular complexity index is 605. The van der Waals surface area contributed by atoms with Crippen LogP contribution in [0.25, 0.3) is 0 Å². The topological polar surface area (TPSA) is 96.5 Å². The van der Waals surface area contributed by atoms with Crippen molar-refractivity contribution < 1.29 is 19.1 Å². The standard InChI is InChI=1S/C20H31N3O4/c1-14(2)12-17(21-3)19(25)22-11-10-16(20(26)27-4)23-13-18(24)15-8-6-5-7-9-15/h5-9,14,16-17,21,23H,10-13H2,1-4H3,(H,22,25)/t16-,17-/m0/s1. The Labute approximate surface area is 161 Å². The Kier molecular flexibility index (Phi) is 10.3. The highest BCUT2D eigenvalue weighted by molar-refractivity contribution is 5.97. The van der Waals surface area contributed by atoms with Crippen LogP contribution in [0.4, 0.5) is 0 Å². The van der Waals surface area contributed by atoms with E-state index < -0.39 is 12.0 Å². The van der Waals surface area contributed by atoms with Crippen LogP contribution in [-0.4, -0.2) is 57.0 Å². The summed E-state index contributed by atoms with van der Waals surface area (Å²) in [7, 11) is 3.05. The summed E-state index contributed by atoms with van der Waals surface area (Å²) in [5, 5.41) is 8.76. The average Bonchev–Trinajstić information content (AvgIpc) is 2.68. The maximum absolute atomic E-state index is 12.2. The van der Waals surface area contributed by atoms with Gasteiger partial charge in [-0.3, -0.25) is 19.7 Å². The lowest BCUT2D eigenvalue weighted by Crippen LogP contribution is -2.46. The quantitative estimate of drug-likeness (QED) is 0.373. The van der Waals surface area contributed by atoms with E-state index in [0.717, 1.165) is 6.42 Å². The van der Waals surface area contributed by atoms with Crippen molar-refractivity contribution in [2.24, 2.45) is 5.92 Å². The minimum Gasteiger partial charge on any atom is -0.468 e. The maximum Gasteiger partial charge on any atom is 0.322 e. The maximum atomic E-state index is 12.2. The Morgan fingerprint density at radius 1 is 1.07 bits per heavy atom. The molecule has 0 bridgehead atoms. The van der Waals surface area contributed by atoms with Crippen LogP contribution in [0.15, 0.2) is 30.3 Å². The first-order valence-electron chi connectivity index (χ1n) is 9.23. The molecule has 0 unspecified atom stereocenters. The summed E-state index contributed by atoms with van der Waals surface area (Å²) in [6, 6.07) is 7.93. The van der Waals surface area contributed by atoms with Gasteiger partial charge in [0.2, 0.25) is 5.91 Å². The van der Waals surface area contributed by atoms with Crippen molar-refractivity contribution in [3.8, 4) is 0 Å². The highest BCUT2D eigenvalue weighted by atomic mass is 16.5. The number of ether oxygens (including phenoxy) is 1. The molecule has 0 fully saturated rings. The number of hydrogen-bond acceptors (Lipinski definition) is 6. The zero-order valence-corrected chi connectivity index (χ0v) is 16.6. The lowest BCUT2D eigenvalue weighted by molar-refractivity contribution is -0.143. The molecule has 0 spiro atoms. The monoisotopic (exact) mass is 377 g/mol. The van der Waals surface area contributed by atoms with Gasteiger partial charge in [-0.05, 0) is 25.8 Å². The van der Waals surface area contributed by atoms with E-state index in [1.165, 1.54) is 7.11 Å². The van der Waals surface area contributed by atoms with Gasteiger partial charge in [0.15, 0.2) is 5.78 Å². The highest BCUT2D eigenvalue weighted by Crippen LogP contribution is 2.05. The third-order valence-electron chi connectivity index (χ3n) is 4.19. The predicted molar refractivity (Wildman–Crippen MR) is 105 cm³/mol. The number of carbonyl (C=O) groups excluding carboxylic acids is 3. The van der Waals surface area contributed by atoms with Crippen molar-refractivity contribution in [1.29, 1.82) is 0 Å². The van der Waals surface area contributed by atoms with E-state index in [0.29, 0.717) is 24.4 Å². The highest BCUT2D eigenvalue weighted by Gasteiger charge is 2.22. The number of nitrogens with one attached hydrogen (secondary N) is 3. The fourth-order valence-corrected chi connectivity index (χ4v) is 2.68. The van der Waals surface area contributed by atoms with Crippen LogP contribution in [0.1, 0.15) is 37.0 Å². The van der Waals surface area contributed by atoms with Crippen LogP contribution >= 0.6 is 0 Å². The molecule has 2 atom stereocenters. The minimum absolute atomic E-state index is 0.0181. The molecule has 3 N–H and O–H groups in total. The molecule has 0 saturated heterocycles. The molecule has 1 aromatic rings. The molecule has 150 valence electrons. The Balaban J connectivity index is 2.51. The Hall–Kier alpha value is -2.25. The Morgan fingerprint density at radius 3 is 2.30 bits per heavy atom. The minimum atomic E-state index is -0.666. The van der Waals surface area contributed by atoms with Crippen molar-refractivity contribution >= 4 is 17.7 Å². The second-order valence-electron chi connectivity index (χ2n) is 6.80. The molecule has 0 aliphatic rings. The van der Waals surface area contributed by atoms with Gasteiger partial charge in [0.05, 0.1) is 19.7 Å². The number of ketones is 1. The van der Waals surface area contributed by atoms with Gasteiger partial charge in [-0.25, -0.2) is 0 Å². The van der Waals surface area contributed by atoms with E-state index in [1.807, 2.05) is 6.07 Å². The third kappa shape index (κ3) is 8.32. The van der Waals surface area contributed by atoms with Gasteiger partial charge in [-0.15, -0.1) is 0 Å². The molecule has 0 radical (unpaired) electrons. The molecule has 7 nitrogen and oxygen atoms in total. The van der Waals surface area contributed by atoms with Crippen LogP contribution in [-0.2, 0) is 14.3 Å². The number of methoxy groups -OCH3 is 1. The number of benzene rings is 1. The summed E-state index contributed by atoms with van der Waals surface area (Å²) in [5.74, 6) is -0.282. The van der Waals surface area contributed by atoms with Gasteiger partial charge in [-0.1, -0.05) is 44.2 Å². The molecule has 1 aromatic carbocycles.